The highest BCUT2D eigenvalue weighted by atomic mass is 32.2. The van der Waals surface area contributed by atoms with E-state index in [-0.39, 0.29) is 12.1 Å². The maximum atomic E-state index is 12.8. The fourth-order valence-corrected chi connectivity index (χ4v) is 4.76. The summed E-state index contributed by atoms with van der Waals surface area (Å²) in [5, 5.41) is 9.43. The molecule has 0 spiro atoms. The molecule has 4 rings (SSSR count). The van der Waals surface area contributed by atoms with Crippen LogP contribution < -0.4 is 5.56 Å². The van der Waals surface area contributed by atoms with Gasteiger partial charge in [-0.2, -0.15) is 8.78 Å². The van der Waals surface area contributed by atoms with Gasteiger partial charge in [0.05, 0.1) is 15.8 Å². The zero-order valence-electron chi connectivity index (χ0n) is 16.0. The highest BCUT2D eigenvalue weighted by Crippen LogP contribution is 2.26. The molecule has 7 nitrogen and oxygen atoms in total. The van der Waals surface area contributed by atoms with E-state index in [1.807, 2.05) is 6.07 Å². The standard InChI is InChI=1S/C20H16F2N4O3S2/c1-2-11-25-17(27)15-5-3-4-6-16(15)26-19(25)23-24-20(26)30-12-13-7-9-14(10-8-13)31(28,29)18(21)22/h2-10,18H,1,11-12H2. The second-order valence-corrected chi connectivity index (χ2v) is 9.44. The van der Waals surface area contributed by atoms with E-state index in [4.69, 9.17) is 0 Å². The molecule has 2 heterocycles. The molecular formula is C20H16F2N4O3S2. The number of aromatic nitrogens is 4. The van der Waals surface area contributed by atoms with Gasteiger partial charge in [-0.25, -0.2) is 8.42 Å². The molecule has 2 aromatic carbocycles. The number of allylic oxidation sites excluding steroid dienone is 1. The normalized spacial score (nSPS) is 12.1. The number of halogens is 2. The van der Waals surface area contributed by atoms with E-state index >= 15 is 0 Å². The van der Waals surface area contributed by atoms with Crippen LogP contribution in [0.1, 0.15) is 5.56 Å². The van der Waals surface area contributed by atoms with Gasteiger partial charge in [0.15, 0.2) is 5.16 Å². The van der Waals surface area contributed by atoms with Crippen molar-refractivity contribution in [1.82, 2.24) is 19.2 Å². The first kappa shape index (κ1) is 21.2. The Morgan fingerprint density at radius 3 is 2.48 bits per heavy atom. The lowest BCUT2D eigenvalue weighted by atomic mass is 10.2. The second-order valence-electron chi connectivity index (χ2n) is 6.58. The molecule has 160 valence electrons. The van der Waals surface area contributed by atoms with Crippen molar-refractivity contribution < 1.29 is 17.2 Å². The lowest BCUT2D eigenvalue weighted by Gasteiger charge is -2.09. The third-order valence-electron chi connectivity index (χ3n) is 4.64. The third-order valence-corrected chi connectivity index (χ3v) is 7.04. The van der Waals surface area contributed by atoms with E-state index in [9.17, 15) is 22.0 Å². The summed E-state index contributed by atoms with van der Waals surface area (Å²) in [7, 11) is -4.63. The topological polar surface area (TPSA) is 86.3 Å². The molecular weight excluding hydrogens is 446 g/mol. The molecule has 0 N–H and O–H groups in total. The first-order chi connectivity index (χ1) is 14.8. The first-order valence-corrected chi connectivity index (χ1v) is 11.6. The maximum Gasteiger partial charge on any atom is 0.341 e. The van der Waals surface area contributed by atoms with Crippen molar-refractivity contribution in [2.45, 2.75) is 28.1 Å². The highest BCUT2D eigenvalue weighted by Gasteiger charge is 2.26. The summed E-state index contributed by atoms with van der Waals surface area (Å²) in [6.45, 7) is 3.96. The first-order valence-electron chi connectivity index (χ1n) is 9.06. The van der Waals surface area contributed by atoms with Crippen LogP contribution in [0.2, 0.25) is 0 Å². The quantitative estimate of drug-likeness (QED) is 0.309. The summed E-state index contributed by atoms with van der Waals surface area (Å²) < 4.78 is 51.7. The smallest absolute Gasteiger partial charge is 0.272 e. The lowest BCUT2D eigenvalue weighted by molar-refractivity contribution is 0.234. The van der Waals surface area contributed by atoms with Crippen molar-refractivity contribution in [3.8, 4) is 0 Å². The fourth-order valence-electron chi connectivity index (χ4n) is 3.15. The number of nitrogens with zero attached hydrogens (tertiary/aromatic N) is 4. The van der Waals surface area contributed by atoms with Crippen LogP contribution in [0.4, 0.5) is 8.78 Å². The van der Waals surface area contributed by atoms with Crippen molar-refractivity contribution in [2.75, 3.05) is 0 Å². The molecule has 0 aliphatic heterocycles. The summed E-state index contributed by atoms with van der Waals surface area (Å²) >= 11 is 1.33. The predicted molar refractivity (Wildman–Crippen MR) is 114 cm³/mol. The number of para-hydroxylation sites is 1. The van der Waals surface area contributed by atoms with Crippen molar-refractivity contribution in [1.29, 1.82) is 0 Å². The molecule has 0 amide bonds. The van der Waals surface area contributed by atoms with E-state index in [0.717, 1.165) is 17.7 Å². The number of sulfone groups is 1. The minimum Gasteiger partial charge on any atom is -0.272 e. The SMILES string of the molecule is C=CCn1c(=O)c2ccccc2n2c(SCc3ccc(S(=O)(=O)C(F)F)cc3)nnc12. The van der Waals surface area contributed by atoms with E-state index in [2.05, 4.69) is 16.8 Å². The van der Waals surface area contributed by atoms with Crippen LogP contribution in [0, 0.1) is 0 Å². The summed E-state index contributed by atoms with van der Waals surface area (Å²) in [5.41, 5.74) is 1.19. The van der Waals surface area contributed by atoms with Crippen LogP contribution in [0.15, 0.2) is 76.0 Å². The molecule has 0 bridgehead atoms. The maximum absolute atomic E-state index is 12.8. The average molecular weight is 463 g/mol. The zero-order valence-corrected chi connectivity index (χ0v) is 17.6. The summed E-state index contributed by atoms with van der Waals surface area (Å²) in [5.74, 6) is -2.69. The molecule has 0 unspecified atom stereocenters. The van der Waals surface area contributed by atoms with Crippen LogP contribution in [-0.4, -0.2) is 33.3 Å². The van der Waals surface area contributed by atoms with Gasteiger partial charge in [-0.1, -0.05) is 42.1 Å². The Kier molecular flexibility index (Phi) is 5.63. The van der Waals surface area contributed by atoms with Crippen LogP contribution in [-0.2, 0) is 22.1 Å². The lowest BCUT2D eigenvalue weighted by Crippen LogP contribution is -2.22. The Labute approximate surface area is 180 Å². The monoisotopic (exact) mass is 462 g/mol. The average Bonchev–Trinajstić information content (AvgIpc) is 3.19. The van der Waals surface area contributed by atoms with Gasteiger partial charge in [-0.05, 0) is 29.8 Å². The van der Waals surface area contributed by atoms with Gasteiger partial charge >= 0.3 is 5.76 Å². The Morgan fingerprint density at radius 2 is 1.81 bits per heavy atom. The largest absolute Gasteiger partial charge is 0.341 e. The fraction of sp³-hybridized carbons (Fsp3) is 0.150. The molecule has 0 radical (unpaired) electrons. The molecule has 0 aliphatic rings. The molecule has 0 aliphatic carbocycles. The van der Waals surface area contributed by atoms with E-state index in [1.165, 1.54) is 28.5 Å². The molecule has 0 fully saturated rings. The Balaban J connectivity index is 1.70. The van der Waals surface area contributed by atoms with Crippen molar-refractivity contribution in [3.05, 3.63) is 77.1 Å². The molecule has 31 heavy (non-hydrogen) atoms. The number of rotatable bonds is 7. The Hall–Kier alpha value is -3.05. The van der Waals surface area contributed by atoms with Crippen LogP contribution >= 0.6 is 11.8 Å². The molecule has 2 aromatic heterocycles. The zero-order chi connectivity index (χ0) is 22.2. The minimum atomic E-state index is -4.63. The number of fused-ring (bicyclic) bond motifs is 3. The molecule has 0 saturated carbocycles. The third kappa shape index (κ3) is 3.74. The molecule has 4 aromatic rings. The summed E-state index contributed by atoms with van der Waals surface area (Å²) in [4.78, 5) is 12.4. The molecule has 0 saturated heterocycles. The second kappa shape index (κ2) is 8.23. The molecule has 0 atom stereocenters. The summed E-state index contributed by atoms with van der Waals surface area (Å²) in [6.07, 6.45) is 1.60. The Morgan fingerprint density at radius 1 is 1.10 bits per heavy atom. The number of hydrogen-bond donors (Lipinski definition) is 0. The van der Waals surface area contributed by atoms with Gasteiger partial charge in [0.2, 0.25) is 15.6 Å². The van der Waals surface area contributed by atoms with Gasteiger partial charge < -0.3 is 0 Å². The van der Waals surface area contributed by atoms with Gasteiger partial charge in [-0.3, -0.25) is 13.8 Å². The van der Waals surface area contributed by atoms with Gasteiger partial charge in [-0.15, -0.1) is 16.8 Å². The van der Waals surface area contributed by atoms with Gasteiger partial charge in [0, 0.05) is 12.3 Å². The Bertz CT molecular complexity index is 1450. The number of alkyl halides is 2. The van der Waals surface area contributed by atoms with E-state index < -0.39 is 20.5 Å². The van der Waals surface area contributed by atoms with E-state index in [0.29, 0.717) is 27.6 Å². The predicted octanol–water partition coefficient (Wildman–Crippen LogP) is 3.52. The van der Waals surface area contributed by atoms with Crippen LogP contribution in [0.3, 0.4) is 0 Å². The van der Waals surface area contributed by atoms with Crippen LogP contribution in [0.25, 0.3) is 16.7 Å². The highest BCUT2D eigenvalue weighted by molar-refractivity contribution is 7.98. The molecule has 11 heteroatoms. The van der Waals surface area contributed by atoms with E-state index in [1.54, 1.807) is 28.7 Å². The van der Waals surface area contributed by atoms with Crippen molar-refractivity contribution >= 4 is 38.3 Å². The van der Waals surface area contributed by atoms with Crippen molar-refractivity contribution in [3.63, 3.8) is 0 Å². The number of benzene rings is 2. The summed E-state index contributed by atoms with van der Waals surface area (Å²) in [6, 6.07) is 12.4. The van der Waals surface area contributed by atoms with Crippen LogP contribution in [0.5, 0.6) is 0 Å². The van der Waals surface area contributed by atoms with Crippen molar-refractivity contribution in [2.24, 2.45) is 0 Å². The van der Waals surface area contributed by atoms with Gasteiger partial charge in [0.1, 0.15) is 0 Å². The van der Waals surface area contributed by atoms with Gasteiger partial charge in [0.25, 0.3) is 5.56 Å². The minimum absolute atomic E-state index is 0.192. The number of hydrogen-bond acceptors (Lipinski definition) is 6. The number of thioether (sulfide) groups is 1.